The number of H-pyrrole nitrogens is 2. The van der Waals surface area contributed by atoms with Crippen LogP contribution in [-0.4, -0.2) is 19.9 Å². The Morgan fingerprint density at radius 2 is 1.73 bits per heavy atom. The van der Waals surface area contributed by atoms with Crippen LogP contribution in [0.2, 0.25) is 0 Å². The topological polar surface area (TPSA) is 57.4 Å². The van der Waals surface area contributed by atoms with E-state index in [0.29, 0.717) is 17.2 Å². The van der Waals surface area contributed by atoms with E-state index in [1.54, 1.807) is 23.6 Å². The molecule has 6 aromatic rings. The lowest BCUT2D eigenvalue weighted by Crippen LogP contribution is -1.88. The first-order valence-corrected chi connectivity index (χ1v) is 12.0. The van der Waals surface area contributed by atoms with Crippen molar-refractivity contribution in [2.75, 3.05) is 0 Å². The van der Waals surface area contributed by atoms with Crippen molar-refractivity contribution in [3.05, 3.63) is 72.2 Å². The van der Waals surface area contributed by atoms with Gasteiger partial charge in [0, 0.05) is 38.1 Å². The number of thiophene rings is 1. The zero-order valence-corrected chi connectivity index (χ0v) is 19.5. The lowest BCUT2D eigenvalue weighted by molar-refractivity contribution is 0.631. The minimum atomic E-state index is -0.253. The summed E-state index contributed by atoms with van der Waals surface area (Å²) in [6.45, 7) is 6.31. The van der Waals surface area contributed by atoms with Gasteiger partial charge in [-0.05, 0) is 41.5 Å². The average Bonchev–Trinajstić information content (AvgIpc) is 3.53. The minimum Gasteiger partial charge on any atom is -0.342 e. The average molecular weight is 455 g/mol. The number of aromatic nitrogens is 4. The van der Waals surface area contributed by atoms with Crippen LogP contribution < -0.4 is 0 Å². The Balaban J connectivity index is 1.41. The largest absolute Gasteiger partial charge is 0.342 e. The van der Waals surface area contributed by atoms with Gasteiger partial charge in [0.15, 0.2) is 0 Å². The Hall–Kier alpha value is -3.51. The third-order valence-electron chi connectivity index (χ3n) is 6.20. The van der Waals surface area contributed by atoms with Crippen LogP contribution in [0.15, 0.2) is 54.7 Å². The number of rotatable bonds is 4. The van der Waals surface area contributed by atoms with Gasteiger partial charge in [-0.3, -0.25) is 0 Å². The standard InChI is InChI=1S/C27H23FN4S/c1-4-26-29-13-23(30-26)18-8-6-15(9-20(18)28)16-5-7-17-19-11-21-22(32-27(31-21)14(2)3)12-25(19)33-24(17)10-16/h5-14H,4H2,1-3H3,(H,29,30)(H,31,32). The third-order valence-corrected chi connectivity index (χ3v) is 7.31. The third kappa shape index (κ3) is 3.33. The Bertz CT molecular complexity index is 1650. The predicted octanol–water partition coefficient (Wildman–Crippen LogP) is 7.81. The van der Waals surface area contributed by atoms with Crippen LogP contribution in [0.1, 0.15) is 38.3 Å². The highest BCUT2D eigenvalue weighted by Crippen LogP contribution is 2.38. The molecule has 3 aromatic heterocycles. The second-order valence-electron chi connectivity index (χ2n) is 8.75. The molecule has 3 aromatic carbocycles. The van der Waals surface area contributed by atoms with E-state index in [1.165, 1.54) is 20.2 Å². The van der Waals surface area contributed by atoms with E-state index in [9.17, 15) is 4.39 Å². The Kier molecular flexibility index (Phi) is 4.59. The number of imidazole rings is 2. The molecule has 33 heavy (non-hydrogen) atoms. The van der Waals surface area contributed by atoms with Crippen LogP contribution in [0.4, 0.5) is 4.39 Å². The summed E-state index contributed by atoms with van der Waals surface area (Å²) in [4.78, 5) is 15.7. The zero-order valence-electron chi connectivity index (χ0n) is 18.7. The number of aryl methyl sites for hydroxylation is 1. The van der Waals surface area contributed by atoms with Gasteiger partial charge in [0.25, 0.3) is 0 Å². The summed E-state index contributed by atoms with van der Waals surface area (Å²) in [7, 11) is 0. The fourth-order valence-corrected chi connectivity index (χ4v) is 5.51. The van der Waals surface area contributed by atoms with Gasteiger partial charge in [0.2, 0.25) is 0 Å². The molecule has 0 fully saturated rings. The van der Waals surface area contributed by atoms with Crippen LogP contribution in [0, 0.1) is 5.82 Å². The molecule has 0 saturated carbocycles. The molecule has 0 amide bonds. The lowest BCUT2D eigenvalue weighted by atomic mass is 10.0. The molecular weight excluding hydrogens is 431 g/mol. The molecule has 0 atom stereocenters. The summed E-state index contributed by atoms with van der Waals surface area (Å²) < 4.78 is 17.4. The van der Waals surface area contributed by atoms with E-state index in [2.05, 4.69) is 59.1 Å². The number of hydrogen-bond donors (Lipinski definition) is 2. The lowest BCUT2D eigenvalue weighted by Gasteiger charge is -2.06. The van der Waals surface area contributed by atoms with Crippen LogP contribution >= 0.6 is 11.3 Å². The molecule has 6 heteroatoms. The summed E-state index contributed by atoms with van der Waals surface area (Å²) in [5.41, 5.74) is 5.18. The molecule has 0 aliphatic rings. The maximum Gasteiger partial charge on any atom is 0.133 e. The number of fused-ring (bicyclic) bond motifs is 4. The highest BCUT2D eigenvalue weighted by molar-refractivity contribution is 7.25. The van der Waals surface area contributed by atoms with Gasteiger partial charge < -0.3 is 9.97 Å². The van der Waals surface area contributed by atoms with Gasteiger partial charge in [-0.15, -0.1) is 11.3 Å². The molecule has 0 aliphatic carbocycles. The number of aromatic amines is 2. The van der Waals surface area contributed by atoms with E-state index >= 15 is 0 Å². The number of benzene rings is 3. The van der Waals surface area contributed by atoms with Gasteiger partial charge >= 0.3 is 0 Å². The van der Waals surface area contributed by atoms with Gasteiger partial charge in [-0.1, -0.05) is 39.0 Å². The van der Waals surface area contributed by atoms with E-state index < -0.39 is 0 Å². The van der Waals surface area contributed by atoms with Crippen molar-refractivity contribution < 1.29 is 4.39 Å². The molecule has 3 heterocycles. The Labute approximate surface area is 194 Å². The van der Waals surface area contributed by atoms with Crippen molar-refractivity contribution in [2.45, 2.75) is 33.1 Å². The van der Waals surface area contributed by atoms with Gasteiger partial charge in [0.05, 0.1) is 22.9 Å². The molecule has 0 radical (unpaired) electrons. The molecule has 164 valence electrons. The monoisotopic (exact) mass is 454 g/mol. The summed E-state index contributed by atoms with van der Waals surface area (Å²) >= 11 is 1.75. The van der Waals surface area contributed by atoms with Gasteiger partial charge in [0.1, 0.15) is 17.5 Å². The normalized spacial score (nSPS) is 12.0. The highest BCUT2D eigenvalue weighted by atomic mass is 32.1. The zero-order chi connectivity index (χ0) is 22.7. The predicted molar refractivity (Wildman–Crippen MR) is 135 cm³/mol. The first kappa shape index (κ1) is 20.1. The van der Waals surface area contributed by atoms with Crippen molar-refractivity contribution in [1.82, 2.24) is 19.9 Å². The van der Waals surface area contributed by atoms with E-state index in [0.717, 1.165) is 40.2 Å². The molecule has 0 saturated heterocycles. The summed E-state index contributed by atoms with van der Waals surface area (Å²) in [5, 5.41) is 2.43. The summed E-state index contributed by atoms with van der Waals surface area (Å²) in [6.07, 6.45) is 2.49. The van der Waals surface area contributed by atoms with Crippen molar-refractivity contribution in [2.24, 2.45) is 0 Å². The number of hydrogen-bond acceptors (Lipinski definition) is 3. The van der Waals surface area contributed by atoms with Crippen molar-refractivity contribution in [3.63, 3.8) is 0 Å². The van der Waals surface area contributed by atoms with Crippen LogP contribution in [0.25, 0.3) is 53.6 Å². The molecule has 0 unspecified atom stereocenters. The van der Waals surface area contributed by atoms with E-state index in [1.807, 2.05) is 19.1 Å². The van der Waals surface area contributed by atoms with Crippen molar-refractivity contribution in [1.29, 1.82) is 0 Å². The number of nitrogens with zero attached hydrogens (tertiary/aromatic N) is 2. The summed E-state index contributed by atoms with van der Waals surface area (Å²) in [6, 6.07) is 16.1. The maximum atomic E-state index is 15.0. The number of nitrogens with one attached hydrogen (secondary N) is 2. The Morgan fingerprint density at radius 1 is 0.939 bits per heavy atom. The van der Waals surface area contributed by atoms with Gasteiger partial charge in [-0.2, -0.15) is 0 Å². The van der Waals surface area contributed by atoms with Crippen LogP contribution in [0.3, 0.4) is 0 Å². The molecule has 0 bridgehead atoms. The fraction of sp³-hybridized carbons (Fsp3) is 0.185. The SMILES string of the molecule is CCc1ncc(-c2ccc(-c3ccc4c(c3)sc3cc5nc(C(C)C)[nH]c5cc34)cc2F)[nH]1. The quantitative estimate of drug-likeness (QED) is 0.285. The second kappa shape index (κ2) is 7.52. The van der Waals surface area contributed by atoms with Gasteiger partial charge in [-0.25, -0.2) is 14.4 Å². The maximum absolute atomic E-state index is 15.0. The molecule has 6 rings (SSSR count). The van der Waals surface area contributed by atoms with Crippen LogP contribution in [0.5, 0.6) is 0 Å². The molecule has 0 aliphatic heterocycles. The molecule has 2 N–H and O–H groups in total. The number of halogens is 1. The second-order valence-corrected chi connectivity index (χ2v) is 9.83. The molecule has 0 spiro atoms. The Morgan fingerprint density at radius 3 is 2.48 bits per heavy atom. The highest BCUT2D eigenvalue weighted by Gasteiger charge is 2.13. The van der Waals surface area contributed by atoms with E-state index in [4.69, 9.17) is 4.98 Å². The van der Waals surface area contributed by atoms with E-state index in [-0.39, 0.29) is 5.82 Å². The molecule has 4 nitrogen and oxygen atoms in total. The minimum absolute atomic E-state index is 0.253. The summed E-state index contributed by atoms with van der Waals surface area (Å²) in [5.74, 6) is 1.98. The van der Waals surface area contributed by atoms with Crippen LogP contribution in [-0.2, 0) is 6.42 Å². The first-order valence-electron chi connectivity index (χ1n) is 11.2. The fourth-order valence-electron chi connectivity index (χ4n) is 4.35. The molecular formula is C27H23FN4S. The smallest absolute Gasteiger partial charge is 0.133 e. The first-order chi connectivity index (χ1) is 16.0. The van der Waals surface area contributed by atoms with Crippen molar-refractivity contribution >= 4 is 42.5 Å². The van der Waals surface area contributed by atoms with Crippen molar-refractivity contribution in [3.8, 4) is 22.4 Å².